The lowest BCUT2D eigenvalue weighted by atomic mass is 10.2. The number of thiazole rings is 1. The van der Waals surface area contributed by atoms with E-state index in [2.05, 4.69) is 22.1 Å². The second kappa shape index (κ2) is 5.41. The lowest BCUT2D eigenvalue weighted by Gasteiger charge is -2.21. The molecule has 1 fully saturated rings. The highest BCUT2D eigenvalue weighted by Gasteiger charge is 2.31. The Morgan fingerprint density at radius 2 is 2.50 bits per heavy atom. The number of unbranched alkanes of at least 4 members (excludes halogenated alkanes) is 2. The zero-order valence-corrected chi connectivity index (χ0v) is 10.3. The maximum atomic E-state index is 11.4. The molecule has 5 heteroatoms. The third-order valence-corrected chi connectivity index (χ3v) is 3.61. The average Bonchev–Trinajstić information content (AvgIpc) is 2.87. The normalized spacial score (nSPS) is 21.3. The summed E-state index contributed by atoms with van der Waals surface area (Å²) < 4.78 is 0. The Morgan fingerprint density at radius 1 is 1.62 bits per heavy atom. The topological polar surface area (TPSA) is 45.2 Å². The molecule has 4 nitrogen and oxygen atoms in total. The SMILES string of the molecule is CCCCCN1CC(=O)NC1c1cncs1. The number of nitrogens with one attached hydrogen (secondary N) is 1. The number of carbonyl (C=O) groups excluding carboxylic acids is 1. The third kappa shape index (κ3) is 2.59. The van der Waals surface area contributed by atoms with Crippen LogP contribution in [-0.2, 0) is 4.79 Å². The van der Waals surface area contributed by atoms with Crippen molar-refractivity contribution in [1.29, 1.82) is 0 Å². The Bertz CT molecular complexity index is 339. The van der Waals surface area contributed by atoms with E-state index in [-0.39, 0.29) is 12.1 Å². The van der Waals surface area contributed by atoms with Crippen LogP contribution in [0, 0.1) is 0 Å². The maximum absolute atomic E-state index is 11.4. The first-order valence-electron chi connectivity index (χ1n) is 5.73. The largest absolute Gasteiger partial charge is 0.335 e. The Hall–Kier alpha value is -0.940. The molecule has 0 aliphatic carbocycles. The van der Waals surface area contributed by atoms with Gasteiger partial charge in [0.1, 0.15) is 6.17 Å². The summed E-state index contributed by atoms with van der Waals surface area (Å²) in [5.41, 5.74) is 1.81. The summed E-state index contributed by atoms with van der Waals surface area (Å²) in [5.74, 6) is 0.120. The van der Waals surface area contributed by atoms with Gasteiger partial charge in [-0.05, 0) is 6.42 Å². The van der Waals surface area contributed by atoms with Crippen molar-refractivity contribution >= 4 is 17.2 Å². The van der Waals surface area contributed by atoms with E-state index in [1.165, 1.54) is 12.8 Å². The van der Waals surface area contributed by atoms with Crippen LogP contribution in [0.4, 0.5) is 0 Å². The van der Waals surface area contributed by atoms with E-state index in [1.54, 1.807) is 11.3 Å². The Labute approximate surface area is 99.7 Å². The smallest absolute Gasteiger partial charge is 0.235 e. The second-order valence-corrected chi connectivity index (χ2v) is 4.97. The van der Waals surface area contributed by atoms with Crippen molar-refractivity contribution in [1.82, 2.24) is 15.2 Å². The van der Waals surface area contributed by atoms with Gasteiger partial charge in [0.25, 0.3) is 0 Å². The zero-order chi connectivity index (χ0) is 11.4. The van der Waals surface area contributed by atoms with Gasteiger partial charge in [0.05, 0.1) is 16.9 Å². The fourth-order valence-electron chi connectivity index (χ4n) is 1.95. The van der Waals surface area contributed by atoms with E-state index >= 15 is 0 Å². The first-order valence-corrected chi connectivity index (χ1v) is 6.61. The molecule has 1 unspecified atom stereocenters. The highest BCUT2D eigenvalue weighted by molar-refractivity contribution is 7.09. The lowest BCUT2D eigenvalue weighted by Crippen LogP contribution is -2.27. The molecular formula is C11H17N3OS. The van der Waals surface area contributed by atoms with Crippen molar-refractivity contribution in [2.24, 2.45) is 0 Å². The molecule has 2 heterocycles. The first-order chi connectivity index (χ1) is 7.81. The summed E-state index contributed by atoms with van der Waals surface area (Å²) in [6.45, 7) is 3.69. The lowest BCUT2D eigenvalue weighted by molar-refractivity contribution is -0.118. The number of hydrogen-bond donors (Lipinski definition) is 1. The van der Waals surface area contributed by atoms with Gasteiger partial charge in [0.15, 0.2) is 0 Å². The third-order valence-electron chi connectivity index (χ3n) is 2.78. The van der Waals surface area contributed by atoms with Gasteiger partial charge >= 0.3 is 0 Å². The van der Waals surface area contributed by atoms with Gasteiger partial charge in [0, 0.05) is 12.7 Å². The van der Waals surface area contributed by atoms with Crippen LogP contribution in [0.2, 0.25) is 0 Å². The highest BCUT2D eigenvalue weighted by Crippen LogP contribution is 2.25. The van der Waals surface area contributed by atoms with Gasteiger partial charge in [-0.25, -0.2) is 0 Å². The van der Waals surface area contributed by atoms with E-state index in [0.717, 1.165) is 17.8 Å². The predicted molar refractivity (Wildman–Crippen MR) is 64.1 cm³/mol. The minimum atomic E-state index is 0.0526. The number of hydrogen-bond acceptors (Lipinski definition) is 4. The van der Waals surface area contributed by atoms with E-state index in [0.29, 0.717) is 6.54 Å². The van der Waals surface area contributed by atoms with Crippen molar-refractivity contribution in [3.8, 4) is 0 Å². The molecule has 1 aromatic rings. The van der Waals surface area contributed by atoms with Gasteiger partial charge in [-0.15, -0.1) is 11.3 Å². The van der Waals surface area contributed by atoms with Crippen molar-refractivity contribution < 1.29 is 4.79 Å². The van der Waals surface area contributed by atoms with E-state index in [9.17, 15) is 4.79 Å². The average molecular weight is 239 g/mol. The van der Waals surface area contributed by atoms with Gasteiger partial charge < -0.3 is 5.32 Å². The molecule has 0 bridgehead atoms. The van der Waals surface area contributed by atoms with Crippen molar-refractivity contribution in [2.75, 3.05) is 13.1 Å². The fraction of sp³-hybridized carbons (Fsp3) is 0.636. The summed E-state index contributed by atoms with van der Waals surface area (Å²) >= 11 is 1.60. The maximum Gasteiger partial charge on any atom is 0.235 e. The molecule has 1 saturated heterocycles. The number of carbonyl (C=O) groups is 1. The Morgan fingerprint density at radius 3 is 3.19 bits per heavy atom. The van der Waals surface area contributed by atoms with Crippen LogP contribution < -0.4 is 5.32 Å². The number of aromatic nitrogens is 1. The molecule has 1 N–H and O–H groups in total. The summed E-state index contributed by atoms with van der Waals surface area (Å²) in [4.78, 5) is 18.8. The molecular weight excluding hydrogens is 222 g/mol. The molecule has 1 atom stereocenters. The van der Waals surface area contributed by atoms with Crippen LogP contribution in [0.25, 0.3) is 0 Å². The van der Waals surface area contributed by atoms with Crippen molar-refractivity contribution in [3.05, 3.63) is 16.6 Å². The summed E-state index contributed by atoms with van der Waals surface area (Å²) in [7, 11) is 0. The number of nitrogens with zero attached hydrogens (tertiary/aromatic N) is 2. The van der Waals surface area contributed by atoms with E-state index in [4.69, 9.17) is 0 Å². The van der Waals surface area contributed by atoms with Crippen LogP contribution in [0.5, 0.6) is 0 Å². The molecule has 0 spiro atoms. The Kier molecular flexibility index (Phi) is 3.90. The van der Waals surface area contributed by atoms with Crippen LogP contribution in [-0.4, -0.2) is 28.9 Å². The van der Waals surface area contributed by atoms with Gasteiger partial charge in [-0.3, -0.25) is 14.7 Å². The van der Waals surface area contributed by atoms with E-state index in [1.807, 2.05) is 11.7 Å². The molecule has 16 heavy (non-hydrogen) atoms. The summed E-state index contributed by atoms with van der Waals surface area (Å²) in [6, 6.07) is 0. The summed E-state index contributed by atoms with van der Waals surface area (Å²) in [6.07, 6.45) is 5.48. The molecule has 2 rings (SSSR count). The van der Waals surface area contributed by atoms with Crippen LogP contribution in [0.1, 0.15) is 37.2 Å². The zero-order valence-electron chi connectivity index (χ0n) is 9.48. The van der Waals surface area contributed by atoms with Crippen LogP contribution in [0.3, 0.4) is 0 Å². The number of amides is 1. The molecule has 88 valence electrons. The minimum Gasteiger partial charge on any atom is -0.335 e. The highest BCUT2D eigenvalue weighted by atomic mass is 32.1. The molecule has 1 aliphatic rings. The van der Waals surface area contributed by atoms with E-state index < -0.39 is 0 Å². The standard InChI is InChI=1S/C11H17N3OS/c1-2-3-4-5-14-7-10(15)13-11(14)9-6-12-8-16-9/h6,8,11H,2-5,7H2,1H3,(H,13,15). The molecule has 1 amide bonds. The minimum absolute atomic E-state index is 0.0526. The predicted octanol–water partition coefficient (Wildman–Crippen LogP) is 1.76. The number of rotatable bonds is 5. The Balaban J connectivity index is 1.96. The molecule has 0 radical (unpaired) electrons. The molecule has 1 aromatic heterocycles. The molecule has 0 aromatic carbocycles. The quantitative estimate of drug-likeness (QED) is 0.796. The van der Waals surface area contributed by atoms with Gasteiger partial charge in [-0.2, -0.15) is 0 Å². The van der Waals surface area contributed by atoms with Gasteiger partial charge in [0.2, 0.25) is 5.91 Å². The second-order valence-electron chi connectivity index (χ2n) is 4.05. The van der Waals surface area contributed by atoms with Crippen LogP contribution in [0.15, 0.2) is 11.7 Å². The summed E-state index contributed by atoms with van der Waals surface area (Å²) in [5, 5.41) is 2.99. The fourth-order valence-corrected chi connectivity index (χ4v) is 2.65. The monoisotopic (exact) mass is 239 g/mol. The van der Waals surface area contributed by atoms with Crippen molar-refractivity contribution in [2.45, 2.75) is 32.4 Å². The van der Waals surface area contributed by atoms with Gasteiger partial charge in [-0.1, -0.05) is 19.8 Å². The first kappa shape index (κ1) is 11.5. The molecule has 0 saturated carbocycles. The van der Waals surface area contributed by atoms with Crippen molar-refractivity contribution in [3.63, 3.8) is 0 Å². The van der Waals surface area contributed by atoms with Crippen LogP contribution >= 0.6 is 11.3 Å². The molecule has 1 aliphatic heterocycles.